The molecule has 2 N–H and O–H groups in total. The first-order valence-corrected chi connectivity index (χ1v) is 11.4. The molecule has 2 aromatic heterocycles. The summed E-state index contributed by atoms with van der Waals surface area (Å²) in [6, 6.07) is 13.1. The third-order valence-corrected chi connectivity index (χ3v) is 5.74. The van der Waals surface area contributed by atoms with Gasteiger partial charge < -0.3 is 20.0 Å². The van der Waals surface area contributed by atoms with Gasteiger partial charge >= 0.3 is 0 Å². The number of hydrogen-bond acceptors (Lipinski definition) is 5. The summed E-state index contributed by atoms with van der Waals surface area (Å²) in [6.07, 6.45) is 4.82. The average molecular weight is 476 g/mol. The van der Waals surface area contributed by atoms with E-state index in [-0.39, 0.29) is 0 Å². The van der Waals surface area contributed by atoms with Crippen molar-refractivity contribution in [3.05, 3.63) is 58.4 Å². The van der Waals surface area contributed by atoms with Gasteiger partial charge in [0.2, 0.25) is 5.95 Å². The van der Waals surface area contributed by atoms with E-state index in [0.29, 0.717) is 27.8 Å². The van der Waals surface area contributed by atoms with Crippen LogP contribution in [0.3, 0.4) is 0 Å². The molecular formula is C22H23Cl2N5OS. The Morgan fingerprint density at radius 1 is 1.00 bits per heavy atom. The van der Waals surface area contributed by atoms with E-state index in [1.807, 2.05) is 36.4 Å². The fraction of sp³-hybridized carbons (Fsp3) is 0.318. The Morgan fingerprint density at radius 3 is 2.48 bits per heavy atom. The van der Waals surface area contributed by atoms with Crippen LogP contribution in [0.5, 0.6) is 0 Å². The largest absolute Gasteiger partial charge is 0.459 e. The van der Waals surface area contributed by atoms with Crippen LogP contribution in [0.15, 0.2) is 46.9 Å². The molecule has 1 saturated heterocycles. The lowest BCUT2D eigenvalue weighted by molar-refractivity contribution is 0.516. The lowest BCUT2D eigenvalue weighted by Crippen LogP contribution is -2.29. The highest BCUT2D eigenvalue weighted by Crippen LogP contribution is 2.24. The van der Waals surface area contributed by atoms with Crippen LogP contribution in [-0.4, -0.2) is 28.2 Å². The molecule has 31 heavy (non-hydrogen) atoms. The molecule has 162 valence electrons. The van der Waals surface area contributed by atoms with E-state index in [1.54, 1.807) is 6.07 Å². The van der Waals surface area contributed by atoms with Gasteiger partial charge in [-0.2, -0.15) is 4.98 Å². The second kappa shape index (κ2) is 10.3. The van der Waals surface area contributed by atoms with Crippen LogP contribution in [0, 0.1) is 0 Å². The Kier molecular flexibility index (Phi) is 7.27. The van der Waals surface area contributed by atoms with E-state index >= 15 is 0 Å². The van der Waals surface area contributed by atoms with Crippen molar-refractivity contribution in [2.75, 3.05) is 23.3 Å². The molecule has 0 spiro atoms. The maximum absolute atomic E-state index is 6.23. The van der Waals surface area contributed by atoms with Crippen LogP contribution in [0.25, 0.3) is 11.3 Å². The maximum Gasteiger partial charge on any atom is 0.232 e. The summed E-state index contributed by atoms with van der Waals surface area (Å²) in [5.74, 6) is 2.73. The monoisotopic (exact) mass is 475 g/mol. The van der Waals surface area contributed by atoms with Gasteiger partial charge in [0, 0.05) is 29.7 Å². The number of anilines is 2. The summed E-state index contributed by atoms with van der Waals surface area (Å²) >= 11 is 17.6. The van der Waals surface area contributed by atoms with Gasteiger partial charge in [0.25, 0.3) is 0 Å². The van der Waals surface area contributed by atoms with Gasteiger partial charge in [-0.25, -0.2) is 4.98 Å². The Morgan fingerprint density at radius 2 is 1.74 bits per heavy atom. The summed E-state index contributed by atoms with van der Waals surface area (Å²) in [4.78, 5) is 11.1. The van der Waals surface area contributed by atoms with E-state index in [2.05, 4.69) is 25.5 Å². The van der Waals surface area contributed by atoms with Crippen LogP contribution < -0.4 is 15.5 Å². The molecule has 1 aliphatic rings. The number of benzene rings is 1. The first-order chi connectivity index (χ1) is 15.1. The number of rotatable bonds is 5. The van der Waals surface area contributed by atoms with Gasteiger partial charge in [0.15, 0.2) is 5.11 Å². The van der Waals surface area contributed by atoms with Crippen molar-refractivity contribution in [2.45, 2.75) is 32.2 Å². The Balaban J connectivity index is 1.35. The van der Waals surface area contributed by atoms with Crippen molar-refractivity contribution < 1.29 is 4.42 Å². The number of hydrogen-bond donors (Lipinski definition) is 2. The van der Waals surface area contributed by atoms with Gasteiger partial charge in [-0.05, 0) is 61.5 Å². The van der Waals surface area contributed by atoms with Crippen LogP contribution in [0.4, 0.5) is 11.8 Å². The van der Waals surface area contributed by atoms with E-state index in [9.17, 15) is 0 Å². The molecule has 1 aromatic carbocycles. The lowest BCUT2D eigenvalue weighted by atomic mass is 10.2. The third kappa shape index (κ3) is 6.09. The Labute approximate surface area is 197 Å². The smallest absolute Gasteiger partial charge is 0.232 e. The van der Waals surface area contributed by atoms with Crippen molar-refractivity contribution in [1.82, 2.24) is 15.3 Å². The number of nitrogens with one attached hydrogen (secondary N) is 2. The molecule has 1 aliphatic heterocycles. The summed E-state index contributed by atoms with van der Waals surface area (Å²) in [5, 5.41) is 7.62. The predicted molar refractivity (Wildman–Crippen MR) is 130 cm³/mol. The van der Waals surface area contributed by atoms with Crippen molar-refractivity contribution in [3.63, 3.8) is 0 Å². The average Bonchev–Trinajstić information content (AvgIpc) is 3.05. The molecule has 0 bridgehead atoms. The van der Waals surface area contributed by atoms with Gasteiger partial charge in [-0.1, -0.05) is 36.0 Å². The predicted octanol–water partition coefficient (Wildman–Crippen LogP) is 5.91. The molecule has 0 saturated carbocycles. The minimum Gasteiger partial charge on any atom is -0.459 e. The molecule has 9 heteroatoms. The Bertz CT molecular complexity index is 1030. The third-order valence-electron chi connectivity index (χ3n) is 5.05. The highest BCUT2D eigenvalue weighted by molar-refractivity contribution is 7.80. The number of thiocarbonyl (C=S) groups is 1. The number of furan rings is 1. The normalized spacial score (nSPS) is 14.2. The zero-order valence-electron chi connectivity index (χ0n) is 16.9. The van der Waals surface area contributed by atoms with Crippen molar-refractivity contribution in [3.8, 4) is 11.3 Å². The minimum atomic E-state index is 0.380. The minimum absolute atomic E-state index is 0.380. The van der Waals surface area contributed by atoms with Crippen LogP contribution in [0.1, 0.15) is 31.4 Å². The molecule has 0 atom stereocenters. The summed E-state index contributed by atoms with van der Waals surface area (Å²) in [7, 11) is 0. The van der Waals surface area contributed by atoms with Gasteiger partial charge in [-0.3, -0.25) is 0 Å². The fourth-order valence-corrected chi connectivity index (χ4v) is 3.95. The quantitative estimate of drug-likeness (QED) is 0.351. The zero-order chi connectivity index (χ0) is 21.6. The molecular weight excluding hydrogens is 453 g/mol. The molecule has 0 unspecified atom stereocenters. The molecule has 3 heterocycles. The first-order valence-electron chi connectivity index (χ1n) is 10.3. The van der Waals surface area contributed by atoms with Gasteiger partial charge in [0.05, 0.1) is 6.54 Å². The van der Waals surface area contributed by atoms with E-state index in [0.717, 1.165) is 48.8 Å². The van der Waals surface area contributed by atoms with Crippen LogP contribution in [0.2, 0.25) is 10.2 Å². The molecule has 0 aliphatic carbocycles. The number of nitrogens with zero attached hydrogens (tertiary/aromatic N) is 3. The second-order valence-corrected chi connectivity index (χ2v) is 8.59. The molecule has 6 nitrogen and oxygen atoms in total. The summed E-state index contributed by atoms with van der Waals surface area (Å²) < 4.78 is 5.89. The number of aromatic nitrogens is 2. The lowest BCUT2D eigenvalue weighted by Gasteiger charge is -2.22. The van der Waals surface area contributed by atoms with Gasteiger partial charge in [-0.15, -0.1) is 0 Å². The fourth-order valence-electron chi connectivity index (χ4n) is 3.48. The van der Waals surface area contributed by atoms with Gasteiger partial charge in [0.1, 0.15) is 22.5 Å². The highest BCUT2D eigenvalue weighted by atomic mass is 35.5. The van der Waals surface area contributed by atoms with E-state index in [1.165, 1.54) is 12.8 Å². The zero-order valence-corrected chi connectivity index (χ0v) is 19.2. The van der Waals surface area contributed by atoms with E-state index < -0.39 is 0 Å². The van der Waals surface area contributed by atoms with E-state index in [4.69, 9.17) is 39.8 Å². The topological polar surface area (TPSA) is 66.2 Å². The Hall–Kier alpha value is -2.35. The van der Waals surface area contributed by atoms with Crippen molar-refractivity contribution >= 4 is 52.3 Å². The first kappa shape index (κ1) is 21.9. The maximum atomic E-state index is 6.23. The highest BCUT2D eigenvalue weighted by Gasteiger charge is 2.14. The molecule has 4 rings (SSSR count). The molecule has 1 fully saturated rings. The second-order valence-electron chi connectivity index (χ2n) is 7.35. The van der Waals surface area contributed by atoms with Crippen molar-refractivity contribution in [1.29, 1.82) is 0 Å². The standard InChI is InChI=1S/C22H23Cl2N5OS/c23-16-7-5-15(6-8-16)18-10-9-17(30-18)14-25-22(31)28-21-26-19(24)13-20(27-21)29-11-3-1-2-4-12-29/h5-10,13H,1-4,11-12,14H2,(H2,25,26,27,28,31). The SMILES string of the molecule is S=C(NCc1ccc(-c2ccc(Cl)cc2)o1)Nc1nc(Cl)cc(N2CCCCCC2)n1. The van der Waals surface area contributed by atoms with Crippen LogP contribution in [-0.2, 0) is 6.54 Å². The molecule has 3 aromatic rings. The van der Waals surface area contributed by atoms with Crippen molar-refractivity contribution in [2.24, 2.45) is 0 Å². The summed E-state index contributed by atoms with van der Waals surface area (Å²) in [6.45, 7) is 2.38. The molecule has 0 radical (unpaired) electrons. The van der Waals surface area contributed by atoms with Crippen LogP contribution >= 0.6 is 35.4 Å². The molecule has 0 amide bonds. The number of halogens is 2. The summed E-state index contributed by atoms with van der Waals surface area (Å²) in [5.41, 5.74) is 0.963.